The van der Waals surface area contributed by atoms with E-state index in [-0.39, 0.29) is 12.5 Å². The molecular formula is C16H31N3O2. The molecular weight excluding hydrogens is 266 g/mol. The summed E-state index contributed by atoms with van der Waals surface area (Å²) in [6.45, 7) is 3.44. The van der Waals surface area contributed by atoms with Crippen molar-refractivity contribution in [2.75, 3.05) is 32.8 Å². The molecule has 1 amide bonds. The van der Waals surface area contributed by atoms with Gasteiger partial charge in [0.2, 0.25) is 5.91 Å². The molecule has 2 unspecified atom stereocenters. The number of amides is 1. The molecule has 2 aliphatic rings. The van der Waals surface area contributed by atoms with Gasteiger partial charge in [0.15, 0.2) is 0 Å². The maximum atomic E-state index is 11.2. The van der Waals surface area contributed by atoms with Crippen molar-refractivity contribution in [1.82, 2.24) is 10.2 Å². The summed E-state index contributed by atoms with van der Waals surface area (Å²) in [5.41, 5.74) is 5.33. The monoisotopic (exact) mass is 297 g/mol. The molecule has 1 aliphatic heterocycles. The van der Waals surface area contributed by atoms with Crippen molar-refractivity contribution in [2.45, 2.75) is 51.0 Å². The molecule has 0 radical (unpaired) electrons. The molecule has 0 spiro atoms. The Morgan fingerprint density at radius 2 is 1.95 bits per heavy atom. The molecule has 0 aromatic rings. The van der Waals surface area contributed by atoms with Crippen LogP contribution in [-0.2, 0) is 4.79 Å². The predicted molar refractivity (Wildman–Crippen MR) is 83.8 cm³/mol. The Morgan fingerprint density at radius 3 is 2.62 bits per heavy atom. The third kappa shape index (κ3) is 5.93. The fourth-order valence-corrected chi connectivity index (χ4v) is 3.92. The van der Waals surface area contributed by atoms with Gasteiger partial charge in [0.1, 0.15) is 0 Å². The highest BCUT2D eigenvalue weighted by atomic mass is 16.3. The van der Waals surface area contributed by atoms with E-state index < -0.39 is 0 Å². The number of nitrogens with zero attached hydrogens (tertiary/aromatic N) is 1. The second-order valence-electron chi connectivity index (χ2n) is 6.88. The van der Waals surface area contributed by atoms with Gasteiger partial charge in [0.25, 0.3) is 0 Å². The number of carbonyl (C=O) groups is 1. The normalized spacial score (nSPS) is 28.6. The van der Waals surface area contributed by atoms with Gasteiger partial charge in [-0.15, -0.1) is 0 Å². The van der Waals surface area contributed by atoms with Crippen LogP contribution in [0.25, 0.3) is 0 Å². The fraction of sp³-hybridized carbons (Fsp3) is 0.938. The Kier molecular flexibility index (Phi) is 6.93. The lowest BCUT2D eigenvalue weighted by Gasteiger charge is -2.38. The number of aliphatic hydroxyl groups is 1. The van der Waals surface area contributed by atoms with Crippen LogP contribution >= 0.6 is 0 Å². The Bertz CT molecular complexity index is 319. The zero-order valence-corrected chi connectivity index (χ0v) is 13.1. The lowest BCUT2D eigenvalue weighted by atomic mass is 9.88. The Morgan fingerprint density at radius 1 is 1.19 bits per heavy atom. The molecule has 1 saturated carbocycles. The summed E-state index contributed by atoms with van der Waals surface area (Å²) in [4.78, 5) is 13.3. The molecule has 2 fully saturated rings. The maximum absolute atomic E-state index is 11.2. The highest BCUT2D eigenvalue weighted by molar-refractivity contribution is 5.75. The molecule has 1 heterocycles. The van der Waals surface area contributed by atoms with E-state index in [1.807, 2.05) is 0 Å². The van der Waals surface area contributed by atoms with Gasteiger partial charge in [0, 0.05) is 25.7 Å². The van der Waals surface area contributed by atoms with Crippen molar-refractivity contribution >= 4 is 5.91 Å². The van der Waals surface area contributed by atoms with Crippen LogP contribution in [0.15, 0.2) is 0 Å². The number of piperidine rings is 1. The second-order valence-corrected chi connectivity index (χ2v) is 6.88. The lowest BCUT2D eigenvalue weighted by Crippen LogP contribution is -2.52. The van der Waals surface area contributed by atoms with E-state index in [0.29, 0.717) is 18.5 Å². The minimum atomic E-state index is -0.259. The van der Waals surface area contributed by atoms with Crippen LogP contribution in [0.2, 0.25) is 0 Å². The van der Waals surface area contributed by atoms with Crippen molar-refractivity contribution < 1.29 is 9.90 Å². The minimum Gasteiger partial charge on any atom is -0.396 e. The van der Waals surface area contributed by atoms with E-state index in [9.17, 15) is 9.90 Å². The van der Waals surface area contributed by atoms with Crippen LogP contribution in [0.4, 0.5) is 0 Å². The van der Waals surface area contributed by atoms with E-state index in [0.717, 1.165) is 38.4 Å². The fourth-order valence-electron chi connectivity index (χ4n) is 3.92. The molecule has 2 atom stereocenters. The molecule has 0 aromatic carbocycles. The first kappa shape index (κ1) is 16.7. The van der Waals surface area contributed by atoms with Crippen molar-refractivity contribution in [3.8, 4) is 0 Å². The number of nitrogens with two attached hydrogens (primary N) is 1. The molecule has 5 heteroatoms. The SMILES string of the molecule is NC(=O)CN1CC(CCO)CC(NCC2CCCCC2)C1. The number of hydrogen-bond acceptors (Lipinski definition) is 4. The molecule has 1 saturated heterocycles. The summed E-state index contributed by atoms with van der Waals surface area (Å²) in [6, 6.07) is 0.427. The van der Waals surface area contributed by atoms with Crippen LogP contribution < -0.4 is 11.1 Å². The third-order valence-electron chi connectivity index (χ3n) is 4.95. The molecule has 5 nitrogen and oxygen atoms in total. The summed E-state index contributed by atoms with van der Waals surface area (Å²) >= 11 is 0. The predicted octanol–water partition coefficient (Wildman–Crippen LogP) is 0.714. The van der Waals surface area contributed by atoms with Gasteiger partial charge in [-0.25, -0.2) is 0 Å². The van der Waals surface area contributed by atoms with E-state index in [1.165, 1.54) is 32.1 Å². The average Bonchev–Trinajstić information content (AvgIpc) is 2.46. The zero-order chi connectivity index (χ0) is 15.1. The topological polar surface area (TPSA) is 78.6 Å². The molecule has 0 bridgehead atoms. The van der Waals surface area contributed by atoms with Crippen LogP contribution in [0, 0.1) is 11.8 Å². The van der Waals surface area contributed by atoms with E-state index >= 15 is 0 Å². The van der Waals surface area contributed by atoms with Crippen molar-refractivity contribution in [2.24, 2.45) is 17.6 Å². The smallest absolute Gasteiger partial charge is 0.231 e. The second kappa shape index (κ2) is 8.71. The Hall–Kier alpha value is -0.650. The summed E-state index contributed by atoms with van der Waals surface area (Å²) < 4.78 is 0. The third-order valence-corrected chi connectivity index (χ3v) is 4.95. The molecule has 0 aromatic heterocycles. The summed E-state index contributed by atoms with van der Waals surface area (Å²) in [7, 11) is 0. The summed E-state index contributed by atoms with van der Waals surface area (Å²) in [6.07, 6.45) is 8.76. The van der Waals surface area contributed by atoms with Crippen LogP contribution in [-0.4, -0.2) is 54.7 Å². The molecule has 21 heavy (non-hydrogen) atoms. The van der Waals surface area contributed by atoms with Gasteiger partial charge in [-0.05, 0) is 44.1 Å². The van der Waals surface area contributed by atoms with Gasteiger partial charge >= 0.3 is 0 Å². The van der Waals surface area contributed by atoms with Crippen LogP contribution in [0.5, 0.6) is 0 Å². The van der Waals surface area contributed by atoms with Crippen molar-refractivity contribution in [1.29, 1.82) is 0 Å². The highest BCUT2D eigenvalue weighted by Crippen LogP contribution is 2.24. The van der Waals surface area contributed by atoms with Gasteiger partial charge < -0.3 is 16.2 Å². The van der Waals surface area contributed by atoms with Crippen LogP contribution in [0.1, 0.15) is 44.9 Å². The first-order valence-electron chi connectivity index (χ1n) is 8.52. The van der Waals surface area contributed by atoms with Crippen LogP contribution in [0.3, 0.4) is 0 Å². The summed E-state index contributed by atoms with van der Waals surface area (Å²) in [5.74, 6) is 1.03. The molecule has 2 rings (SSSR count). The molecule has 1 aliphatic carbocycles. The standard InChI is InChI=1S/C16H31N3O2/c17-16(21)12-19-10-14(6-7-20)8-15(11-19)18-9-13-4-2-1-3-5-13/h13-15,18,20H,1-12H2,(H2,17,21). The first-order chi connectivity index (χ1) is 10.2. The maximum Gasteiger partial charge on any atom is 0.231 e. The van der Waals surface area contributed by atoms with E-state index in [4.69, 9.17) is 5.73 Å². The van der Waals surface area contributed by atoms with E-state index in [2.05, 4.69) is 10.2 Å². The van der Waals surface area contributed by atoms with Gasteiger partial charge in [-0.3, -0.25) is 9.69 Å². The number of aliphatic hydroxyl groups excluding tert-OH is 1. The van der Waals surface area contributed by atoms with Gasteiger partial charge in [0.05, 0.1) is 6.54 Å². The number of likely N-dealkylation sites (tertiary alicyclic amines) is 1. The number of rotatable bonds is 7. The summed E-state index contributed by atoms with van der Waals surface area (Å²) in [5, 5.41) is 12.9. The Balaban J connectivity index is 1.79. The van der Waals surface area contributed by atoms with E-state index in [1.54, 1.807) is 0 Å². The number of primary amides is 1. The lowest BCUT2D eigenvalue weighted by molar-refractivity contribution is -0.119. The van der Waals surface area contributed by atoms with Crippen molar-refractivity contribution in [3.63, 3.8) is 0 Å². The number of nitrogens with one attached hydrogen (secondary N) is 1. The van der Waals surface area contributed by atoms with Gasteiger partial charge in [-0.1, -0.05) is 19.3 Å². The molecule has 4 N–H and O–H groups in total. The number of carbonyl (C=O) groups excluding carboxylic acids is 1. The largest absolute Gasteiger partial charge is 0.396 e. The average molecular weight is 297 g/mol. The van der Waals surface area contributed by atoms with Gasteiger partial charge in [-0.2, -0.15) is 0 Å². The molecule has 122 valence electrons. The zero-order valence-electron chi connectivity index (χ0n) is 13.1. The minimum absolute atomic E-state index is 0.227. The van der Waals surface area contributed by atoms with Crippen molar-refractivity contribution in [3.05, 3.63) is 0 Å². The Labute approximate surface area is 128 Å². The quantitative estimate of drug-likeness (QED) is 0.647. The number of hydrogen-bond donors (Lipinski definition) is 3. The first-order valence-corrected chi connectivity index (χ1v) is 8.52. The highest BCUT2D eigenvalue weighted by Gasteiger charge is 2.28.